The van der Waals surface area contributed by atoms with E-state index in [4.69, 9.17) is 5.11 Å². The number of imidazole rings is 1. The lowest BCUT2D eigenvalue weighted by Crippen LogP contribution is -2.06. The minimum absolute atomic E-state index is 0.114. The van der Waals surface area contributed by atoms with Crippen LogP contribution in [0.5, 0.6) is 0 Å². The van der Waals surface area contributed by atoms with E-state index in [2.05, 4.69) is 4.98 Å². The maximum Gasteiger partial charge on any atom is 0.335 e. The number of aromatic nitrogens is 2. The second kappa shape index (κ2) is 6.01. The third-order valence-corrected chi connectivity index (χ3v) is 3.97. The molecule has 7 heteroatoms. The second-order valence-corrected chi connectivity index (χ2v) is 5.87. The van der Waals surface area contributed by atoms with Crippen LogP contribution in [-0.4, -0.2) is 31.5 Å². The minimum atomic E-state index is -1.23. The number of aromatic carboxylic acids is 1. The van der Waals surface area contributed by atoms with Crippen molar-refractivity contribution in [2.45, 2.75) is 20.3 Å². The standard InChI is InChI=1S/C18H15FN2O4/c1-9-3-4-21-13(8-15(22)23)17(20-14(21)5-9)16-10(2)6-11(18(24)25)7-12(16)19/h3-7H,8H2,1-2H3,(H,22,23)(H,24,25). The van der Waals surface area contributed by atoms with Crippen LogP contribution in [0, 0.1) is 19.7 Å². The Bertz CT molecular complexity index is 1000. The van der Waals surface area contributed by atoms with E-state index in [1.807, 2.05) is 6.92 Å². The number of carboxylic acids is 2. The molecule has 25 heavy (non-hydrogen) atoms. The molecule has 0 aliphatic heterocycles. The summed E-state index contributed by atoms with van der Waals surface area (Å²) in [5.74, 6) is -3.04. The van der Waals surface area contributed by atoms with Crippen molar-refractivity contribution < 1.29 is 24.2 Å². The number of fused-ring (bicyclic) bond motifs is 1. The zero-order valence-electron chi connectivity index (χ0n) is 13.6. The number of hydrogen-bond donors (Lipinski definition) is 2. The molecule has 3 rings (SSSR count). The van der Waals surface area contributed by atoms with Crippen LogP contribution in [0.2, 0.25) is 0 Å². The molecule has 2 N–H and O–H groups in total. The predicted octanol–water partition coefficient (Wildman–Crippen LogP) is 3.08. The molecular weight excluding hydrogens is 327 g/mol. The first-order valence-electron chi connectivity index (χ1n) is 7.51. The molecule has 0 aliphatic carbocycles. The fraction of sp³-hybridized carbons (Fsp3) is 0.167. The Hall–Kier alpha value is -3.22. The highest BCUT2D eigenvalue weighted by Gasteiger charge is 2.22. The second-order valence-electron chi connectivity index (χ2n) is 5.87. The van der Waals surface area contributed by atoms with Crippen LogP contribution in [-0.2, 0) is 11.2 Å². The SMILES string of the molecule is Cc1ccn2c(CC(=O)O)c(-c3c(C)cc(C(=O)O)cc3F)nc2c1. The summed E-state index contributed by atoms with van der Waals surface area (Å²) in [6.45, 7) is 3.45. The van der Waals surface area contributed by atoms with Gasteiger partial charge in [0.15, 0.2) is 0 Å². The fourth-order valence-electron chi connectivity index (χ4n) is 2.88. The number of aliphatic carboxylic acids is 1. The van der Waals surface area contributed by atoms with E-state index in [0.717, 1.165) is 11.6 Å². The molecule has 128 valence electrons. The van der Waals surface area contributed by atoms with E-state index in [-0.39, 0.29) is 23.2 Å². The maximum atomic E-state index is 14.6. The summed E-state index contributed by atoms with van der Waals surface area (Å²) in [5.41, 5.74) is 2.31. The lowest BCUT2D eigenvalue weighted by Gasteiger charge is -2.09. The first-order valence-corrected chi connectivity index (χ1v) is 7.51. The van der Waals surface area contributed by atoms with Crippen molar-refractivity contribution >= 4 is 17.6 Å². The summed E-state index contributed by atoms with van der Waals surface area (Å²) in [5, 5.41) is 18.3. The lowest BCUT2D eigenvalue weighted by molar-refractivity contribution is -0.136. The number of halogens is 1. The summed E-state index contributed by atoms with van der Waals surface area (Å²) in [7, 11) is 0. The Morgan fingerprint density at radius 1 is 1.20 bits per heavy atom. The average molecular weight is 342 g/mol. The van der Waals surface area contributed by atoms with Crippen molar-refractivity contribution in [3.05, 3.63) is 58.7 Å². The predicted molar refractivity (Wildman–Crippen MR) is 88.4 cm³/mol. The average Bonchev–Trinajstić information content (AvgIpc) is 2.83. The van der Waals surface area contributed by atoms with Crippen molar-refractivity contribution in [3.63, 3.8) is 0 Å². The zero-order chi connectivity index (χ0) is 18.3. The third-order valence-electron chi connectivity index (χ3n) is 3.97. The number of nitrogens with zero attached hydrogens (tertiary/aromatic N) is 2. The molecule has 0 saturated heterocycles. The molecular formula is C18H15FN2O4. The number of rotatable bonds is 4. The highest BCUT2D eigenvalue weighted by Crippen LogP contribution is 2.31. The van der Waals surface area contributed by atoms with Crippen molar-refractivity contribution in [1.82, 2.24) is 9.38 Å². The van der Waals surface area contributed by atoms with Gasteiger partial charge < -0.3 is 14.6 Å². The molecule has 0 fully saturated rings. The first kappa shape index (κ1) is 16.6. The molecule has 1 aromatic carbocycles. The number of carbonyl (C=O) groups is 2. The molecule has 0 spiro atoms. The van der Waals surface area contributed by atoms with E-state index < -0.39 is 17.8 Å². The molecule has 0 radical (unpaired) electrons. The number of pyridine rings is 1. The molecule has 6 nitrogen and oxygen atoms in total. The number of benzene rings is 1. The summed E-state index contributed by atoms with van der Waals surface area (Å²) in [6, 6.07) is 5.85. The van der Waals surface area contributed by atoms with Gasteiger partial charge in [-0.25, -0.2) is 14.2 Å². The quantitative estimate of drug-likeness (QED) is 0.760. The van der Waals surface area contributed by atoms with Gasteiger partial charge in [0.25, 0.3) is 0 Å². The third kappa shape index (κ3) is 2.96. The Labute approximate surface area is 142 Å². The number of carboxylic acid groups (broad SMARTS) is 2. The Balaban J connectivity index is 2.31. The highest BCUT2D eigenvalue weighted by atomic mass is 19.1. The molecule has 2 aromatic heterocycles. The van der Waals surface area contributed by atoms with Gasteiger partial charge in [-0.1, -0.05) is 0 Å². The number of hydrogen-bond acceptors (Lipinski definition) is 3. The van der Waals surface area contributed by atoms with E-state index in [9.17, 15) is 19.1 Å². The van der Waals surface area contributed by atoms with E-state index in [1.165, 1.54) is 6.07 Å². The van der Waals surface area contributed by atoms with E-state index >= 15 is 0 Å². The van der Waals surface area contributed by atoms with Crippen LogP contribution in [0.15, 0.2) is 30.5 Å². The first-order chi connectivity index (χ1) is 11.8. The van der Waals surface area contributed by atoms with Crippen molar-refractivity contribution in [3.8, 4) is 11.3 Å². The van der Waals surface area contributed by atoms with Gasteiger partial charge in [-0.05, 0) is 49.2 Å². The zero-order valence-corrected chi connectivity index (χ0v) is 13.6. The largest absolute Gasteiger partial charge is 0.481 e. The van der Waals surface area contributed by atoms with E-state index in [1.54, 1.807) is 29.7 Å². The normalized spacial score (nSPS) is 11.0. The van der Waals surface area contributed by atoms with Crippen molar-refractivity contribution in [2.24, 2.45) is 0 Å². The maximum absolute atomic E-state index is 14.6. The minimum Gasteiger partial charge on any atom is -0.481 e. The van der Waals surface area contributed by atoms with Crippen molar-refractivity contribution in [1.29, 1.82) is 0 Å². The van der Waals surface area contributed by atoms with E-state index in [0.29, 0.717) is 16.9 Å². The molecule has 0 atom stereocenters. The van der Waals surface area contributed by atoms with Crippen LogP contribution in [0.25, 0.3) is 16.9 Å². The lowest BCUT2D eigenvalue weighted by atomic mass is 9.99. The van der Waals surface area contributed by atoms with Gasteiger partial charge in [0.1, 0.15) is 11.5 Å². The van der Waals surface area contributed by atoms with Gasteiger partial charge in [-0.3, -0.25) is 4.79 Å². The summed E-state index contributed by atoms with van der Waals surface area (Å²) < 4.78 is 16.2. The highest BCUT2D eigenvalue weighted by molar-refractivity contribution is 5.89. The monoisotopic (exact) mass is 342 g/mol. The summed E-state index contributed by atoms with van der Waals surface area (Å²) >= 11 is 0. The van der Waals surface area contributed by atoms with Gasteiger partial charge in [-0.15, -0.1) is 0 Å². The van der Waals surface area contributed by atoms with Gasteiger partial charge in [-0.2, -0.15) is 0 Å². The summed E-state index contributed by atoms with van der Waals surface area (Å²) in [6.07, 6.45) is 1.36. The Morgan fingerprint density at radius 3 is 2.52 bits per heavy atom. The number of aryl methyl sites for hydroxylation is 2. The smallest absolute Gasteiger partial charge is 0.335 e. The molecule has 3 aromatic rings. The van der Waals surface area contributed by atoms with Crippen LogP contribution >= 0.6 is 0 Å². The molecule has 0 amide bonds. The van der Waals surface area contributed by atoms with Crippen LogP contribution in [0.1, 0.15) is 27.2 Å². The topological polar surface area (TPSA) is 91.9 Å². The molecule has 2 heterocycles. The molecule has 0 unspecified atom stereocenters. The van der Waals surface area contributed by atoms with Gasteiger partial charge in [0.05, 0.1) is 23.4 Å². The molecule has 0 bridgehead atoms. The molecule has 0 saturated carbocycles. The van der Waals surface area contributed by atoms with Crippen molar-refractivity contribution in [2.75, 3.05) is 0 Å². The van der Waals surface area contributed by atoms with Crippen LogP contribution in [0.4, 0.5) is 4.39 Å². The molecule has 0 aliphatic rings. The van der Waals surface area contributed by atoms with Gasteiger partial charge >= 0.3 is 11.9 Å². The Morgan fingerprint density at radius 2 is 1.92 bits per heavy atom. The fourth-order valence-corrected chi connectivity index (χ4v) is 2.88. The van der Waals surface area contributed by atoms with Crippen LogP contribution in [0.3, 0.4) is 0 Å². The summed E-state index contributed by atoms with van der Waals surface area (Å²) in [4.78, 5) is 26.7. The Kier molecular flexibility index (Phi) is 4.00. The van der Waals surface area contributed by atoms with Crippen LogP contribution < -0.4 is 0 Å². The van der Waals surface area contributed by atoms with Gasteiger partial charge in [0, 0.05) is 11.8 Å². The van der Waals surface area contributed by atoms with Gasteiger partial charge in [0.2, 0.25) is 0 Å².